The topological polar surface area (TPSA) is 44.8 Å². The number of hydrogen-bond acceptors (Lipinski definition) is 4. The number of esters is 1. The lowest BCUT2D eigenvalue weighted by Gasteiger charge is -2.22. The molecule has 0 radical (unpaired) electrons. The Bertz CT molecular complexity index is 649. The van der Waals surface area contributed by atoms with Crippen LogP contribution in [0.2, 0.25) is 0 Å². The van der Waals surface area contributed by atoms with Gasteiger partial charge >= 0.3 is 5.97 Å². The Balaban J connectivity index is 1.89. The molecule has 1 unspecified atom stereocenters. The van der Waals surface area contributed by atoms with Crippen molar-refractivity contribution in [3.05, 3.63) is 72.1 Å². The van der Waals surface area contributed by atoms with Crippen molar-refractivity contribution in [3.8, 4) is 0 Å². The van der Waals surface area contributed by atoms with Crippen molar-refractivity contribution >= 4 is 5.97 Å². The van der Waals surface area contributed by atoms with Crippen molar-refractivity contribution in [2.24, 2.45) is 0 Å². The van der Waals surface area contributed by atoms with E-state index in [2.05, 4.69) is 37.5 Å². The van der Waals surface area contributed by atoms with E-state index in [1.807, 2.05) is 6.08 Å². The molecule has 0 aromatic heterocycles. The van der Waals surface area contributed by atoms with E-state index in [4.69, 9.17) is 14.2 Å². The van der Waals surface area contributed by atoms with Gasteiger partial charge in [0.15, 0.2) is 6.10 Å². The highest BCUT2D eigenvalue weighted by atomic mass is 16.6. The first kappa shape index (κ1) is 20.0. The SMILES string of the molecule is C=CCOCC(COC1=CC=C(C2=CC=CCC2)CC1)OC(=O)C(=C)C. The fourth-order valence-electron chi connectivity index (χ4n) is 2.73. The fourth-order valence-corrected chi connectivity index (χ4v) is 2.73. The van der Waals surface area contributed by atoms with Gasteiger partial charge in [0, 0.05) is 12.0 Å². The molecule has 140 valence electrons. The lowest BCUT2D eigenvalue weighted by molar-refractivity contribution is -0.150. The van der Waals surface area contributed by atoms with Gasteiger partial charge in [-0.25, -0.2) is 4.79 Å². The first-order valence-corrected chi connectivity index (χ1v) is 9.04. The van der Waals surface area contributed by atoms with E-state index in [1.165, 1.54) is 11.1 Å². The maximum atomic E-state index is 11.8. The molecular formula is C22H28O4. The average molecular weight is 356 g/mol. The molecule has 1 atom stereocenters. The second-order valence-electron chi connectivity index (χ2n) is 6.43. The zero-order chi connectivity index (χ0) is 18.8. The monoisotopic (exact) mass is 356 g/mol. The Hall–Kier alpha value is -2.33. The fraction of sp³-hybridized carbons (Fsp3) is 0.409. The summed E-state index contributed by atoms with van der Waals surface area (Å²) in [4.78, 5) is 11.8. The highest BCUT2D eigenvalue weighted by molar-refractivity contribution is 5.87. The second kappa shape index (κ2) is 10.6. The van der Waals surface area contributed by atoms with Crippen LogP contribution in [-0.2, 0) is 19.0 Å². The summed E-state index contributed by atoms with van der Waals surface area (Å²) < 4.78 is 16.7. The van der Waals surface area contributed by atoms with Crippen molar-refractivity contribution < 1.29 is 19.0 Å². The van der Waals surface area contributed by atoms with Crippen LogP contribution in [0.5, 0.6) is 0 Å². The molecule has 2 aliphatic carbocycles. The molecule has 0 saturated carbocycles. The maximum absolute atomic E-state index is 11.8. The van der Waals surface area contributed by atoms with Gasteiger partial charge in [-0.1, -0.05) is 37.0 Å². The van der Waals surface area contributed by atoms with Gasteiger partial charge < -0.3 is 14.2 Å². The quantitative estimate of drug-likeness (QED) is 0.249. The third kappa shape index (κ3) is 6.52. The number of carbonyl (C=O) groups excluding carboxylic acids is 1. The lowest BCUT2D eigenvalue weighted by atomic mass is 9.91. The Morgan fingerprint density at radius 3 is 2.62 bits per heavy atom. The summed E-state index contributed by atoms with van der Waals surface area (Å²) in [7, 11) is 0. The van der Waals surface area contributed by atoms with Gasteiger partial charge in [-0.3, -0.25) is 0 Å². The number of hydrogen-bond donors (Lipinski definition) is 0. The highest BCUT2D eigenvalue weighted by Gasteiger charge is 2.18. The van der Waals surface area contributed by atoms with Crippen molar-refractivity contribution in [2.75, 3.05) is 19.8 Å². The van der Waals surface area contributed by atoms with E-state index in [1.54, 1.807) is 13.0 Å². The first-order valence-electron chi connectivity index (χ1n) is 9.04. The molecule has 0 aromatic rings. The zero-order valence-corrected chi connectivity index (χ0v) is 15.5. The smallest absolute Gasteiger partial charge is 0.333 e. The molecule has 0 spiro atoms. The predicted octanol–water partition coefficient (Wildman–Crippen LogP) is 4.57. The van der Waals surface area contributed by atoms with Gasteiger partial charge in [0.2, 0.25) is 0 Å². The largest absolute Gasteiger partial charge is 0.494 e. The molecule has 0 aromatic carbocycles. The van der Waals surface area contributed by atoms with Crippen LogP contribution < -0.4 is 0 Å². The molecule has 0 saturated heterocycles. The van der Waals surface area contributed by atoms with Crippen LogP contribution in [0.25, 0.3) is 0 Å². The number of allylic oxidation sites excluding steroid dienone is 8. The highest BCUT2D eigenvalue weighted by Crippen LogP contribution is 2.29. The van der Waals surface area contributed by atoms with E-state index in [9.17, 15) is 4.79 Å². The van der Waals surface area contributed by atoms with Crippen LogP contribution in [0.3, 0.4) is 0 Å². The summed E-state index contributed by atoms with van der Waals surface area (Å²) >= 11 is 0. The zero-order valence-electron chi connectivity index (χ0n) is 15.5. The van der Waals surface area contributed by atoms with E-state index in [0.717, 1.165) is 31.4 Å². The number of rotatable bonds is 10. The van der Waals surface area contributed by atoms with Crippen molar-refractivity contribution in [3.63, 3.8) is 0 Å². The van der Waals surface area contributed by atoms with Gasteiger partial charge in [0.1, 0.15) is 6.61 Å². The number of carbonyl (C=O) groups is 1. The summed E-state index contributed by atoms with van der Waals surface area (Å²) in [5.74, 6) is 0.471. The van der Waals surface area contributed by atoms with Gasteiger partial charge in [-0.2, -0.15) is 0 Å². The van der Waals surface area contributed by atoms with Crippen LogP contribution in [-0.4, -0.2) is 31.9 Å². The molecule has 0 bridgehead atoms. The molecule has 0 heterocycles. The molecule has 2 rings (SSSR count). The van der Waals surface area contributed by atoms with E-state index < -0.39 is 12.1 Å². The van der Waals surface area contributed by atoms with E-state index in [-0.39, 0.29) is 13.2 Å². The van der Waals surface area contributed by atoms with Gasteiger partial charge in [0.05, 0.1) is 19.0 Å². The average Bonchev–Trinajstić information content (AvgIpc) is 2.67. The lowest BCUT2D eigenvalue weighted by Crippen LogP contribution is -2.29. The molecule has 2 aliphatic rings. The Morgan fingerprint density at radius 2 is 2.00 bits per heavy atom. The van der Waals surface area contributed by atoms with Gasteiger partial charge in [-0.05, 0) is 43.4 Å². The van der Waals surface area contributed by atoms with Gasteiger partial charge in [0.25, 0.3) is 0 Å². The van der Waals surface area contributed by atoms with E-state index >= 15 is 0 Å². The summed E-state index contributed by atoms with van der Waals surface area (Å²) in [6, 6.07) is 0. The molecule has 0 amide bonds. The molecule has 4 nitrogen and oxygen atoms in total. The number of ether oxygens (including phenoxy) is 3. The van der Waals surface area contributed by atoms with Crippen LogP contribution in [0.1, 0.15) is 32.6 Å². The van der Waals surface area contributed by atoms with Crippen LogP contribution in [0.15, 0.2) is 72.1 Å². The van der Waals surface area contributed by atoms with Gasteiger partial charge in [-0.15, -0.1) is 6.58 Å². The third-order valence-corrected chi connectivity index (χ3v) is 4.15. The molecule has 26 heavy (non-hydrogen) atoms. The van der Waals surface area contributed by atoms with E-state index in [0.29, 0.717) is 12.2 Å². The molecule has 4 heteroatoms. The summed E-state index contributed by atoms with van der Waals surface area (Å²) in [6.07, 6.45) is 15.9. The van der Waals surface area contributed by atoms with Crippen molar-refractivity contribution in [2.45, 2.75) is 38.7 Å². The minimum absolute atomic E-state index is 0.261. The normalized spacial score (nSPS) is 17.5. The minimum atomic E-state index is -0.475. The predicted molar refractivity (Wildman–Crippen MR) is 104 cm³/mol. The minimum Gasteiger partial charge on any atom is -0.494 e. The maximum Gasteiger partial charge on any atom is 0.333 e. The standard InChI is InChI=1S/C22H28O4/c1-4-14-24-15-21(26-22(23)17(2)3)16-25-20-12-10-19(11-13-20)18-8-6-5-7-9-18/h4-6,8,10,12,21H,1-2,7,9,11,13-16H2,3H3. The van der Waals surface area contributed by atoms with Crippen LogP contribution >= 0.6 is 0 Å². The second-order valence-corrected chi connectivity index (χ2v) is 6.43. The Kier molecular flexibility index (Phi) is 8.16. The first-order chi connectivity index (χ1) is 12.6. The molecular weight excluding hydrogens is 328 g/mol. The third-order valence-electron chi connectivity index (χ3n) is 4.15. The van der Waals surface area contributed by atoms with Crippen molar-refractivity contribution in [1.82, 2.24) is 0 Å². The molecule has 0 aliphatic heterocycles. The summed E-state index contributed by atoms with van der Waals surface area (Å²) in [6.45, 7) is 9.76. The van der Waals surface area contributed by atoms with Crippen LogP contribution in [0.4, 0.5) is 0 Å². The molecule has 0 fully saturated rings. The van der Waals surface area contributed by atoms with Crippen LogP contribution in [0, 0.1) is 0 Å². The summed E-state index contributed by atoms with van der Waals surface area (Å²) in [5.41, 5.74) is 3.15. The Labute approximate surface area is 156 Å². The summed E-state index contributed by atoms with van der Waals surface area (Å²) in [5, 5.41) is 0. The van der Waals surface area contributed by atoms with Crippen molar-refractivity contribution in [1.29, 1.82) is 0 Å². The Morgan fingerprint density at radius 1 is 1.19 bits per heavy atom. The molecule has 0 N–H and O–H groups in total.